The van der Waals surface area contributed by atoms with Crippen molar-refractivity contribution in [3.05, 3.63) is 32.6 Å². The molecule has 1 aliphatic rings. The van der Waals surface area contributed by atoms with Crippen LogP contribution in [0.5, 0.6) is 5.75 Å². The highest BCUT2D eigenvalue weighted by molar-refractivity contribution is 8.18. The van der Waals surface area contributed by atoms with Crippen molar-refractivity contribution in [1.82, 2.24) is 4.90 Å². The first-order valence-electron chi connectivity index (χ1n) is 6.88. The quantitative estimate of drug-likeness (QED) is 0.624. The second kappa shape index (κ2) is 7.46. The molecule has 1 fully saturated rings. The van der Waals surface area contributed by atoms with Crippen LogP contribution in [-0.2, 0) is 14.3 Å². The molecule has 1 saturated heterocycles. The summed E-state index contributed by atoms with van der Waals surface area (Å²) in [5.41, 5.74) is 0.442. The van der Waals surface area contributed by atoms with Crippen molar-refractivity contribution >= 4 is 58.2 Å². The summed E-state index contributed by atoms with van der Waals surface area (Å²) in [7, 11) is 0. The van der Waals surface area contributed by atoms with Crippen LogP contribution in [0, 0.1) is 0 Å². The second-order valence-corrected chi connectivity index (χ2v) is 6.62. The van der Waals surface area contributed by atoms with E-state index in [2.05, 4.69) is 0 Å². The van der Waals surface area contributed by atoms with Crippen LogP contribution in [0.15, 0.2) is 17.0 Å². The van der Waals surface area contributed by atoms with Gasteiger partial charge in [0.15, 0.2) is 5.75 Å². The molecule has 2 rings (SSSR count). The summed E-state index contributed by atoms with van der Waals surface area (Å²) < 4.78 is 4.83. The highest BCUT2D eigenvalue weighted by atomic mass is 35.5. The number of phenols is 1. The Morgan fingerprint density at radius 3 is 2.50 bits per heavy atom. The first-order chi connectivity index (χ1) is 11.3. The van der Waals surface area contributed by atoms with Crippen molar-refractivity contribution in [1.29, 1.82) is 0 Å². The average Bonchev–Trinajstić information content (AvgIpc) is 2.78. The van der Waals surface area contributed by atoms with Crippen molar-refractivity contribution in [2.75, 3.05) is 6.61 Å². The molecule has 128 valence electrons. The SMILES string of the molecule is CCOC(=O)[C@@H](C)N1C(=O)S/C(=C/c2cc(Cl)c(O)c(Cl)c2)C1=O. The van der Waals surface area contributed by atoms with Crippen molar-refractivity contribution in [3.8, 4) is 5.75 Å². The van der Waals surface area contributed by atoms with Gasteiger partial charge in [-0.1, -0.05) is 23.2 Å². The fraction of sp³-hybridized carbons (Fsp3) is 0.267. The largest absolute Gasteiger partial charge is 0.505 e. The highest BCUT2D eigenvalue weighted by Gasteiger charge is 2.41. The van der Waals surface area contributed by atoms with E-state index in [9.17, 15) is 19.5 Å². The van der Waals surface area contributed by atoms with Gasteiger partial charge >= 0.3 is 5.97 Å². The number of halogens is 2. The third-order valence-electron chi connectivity index (χ3n) is 3.18. The first kappa shape index (κ1) is 18.6. The third kappa shape index (κ3) is 3.68. The molecule has 1 N–H and O–H groups in total. The highest BCUT2D eigenvalue weighted by Crippen LogP contribution is 2.37. The maximum absolute atomic E-state index is 12.4. The van der Waals surface area contributed by atoms with Crippen molar-refractivity contribution in [3.63, 3.8) is 0 Å². The fourth-order valence-corrected chi connectivity index (χ4v) is 3.41. The maximum Gasteiger partial charge on any atom is 0.329 e. The fourth-order valence-electron chi connectivity index (χ4n) is 2.00. The van der Waals surface area contributed by atoms with Crippen LogP contribution >= 0.6 is 35.0 Å². The lowest BCUT2D eigenvalue weighted by molar-refractivity contribution is -0.150. The smallest absolute Gasteiger partial charge is 0.329 e. The average molecular weight is 390 g/mol. The van der Waals surface area contributed by atoms with Gasteiger partial charge in [-0.2, -0.15) is 0 Å². The normalized spacial score (nSPS) is 17.5. The number of thioether (sulfide) groups is 1. The standard InChI is InChI=1S/C15H13Cl2NO5S/c1-3-23-14(21)7(2)18-13(20)11(24-15(18)22)6-8-4-9(16)12(19)10(17)5-8/h4-7,19H,3H2,1-2H3/b11-6+/t7-/m1/s1. The zero-order valence-electron chi connectivity index (χ0n) is 12.7. The summed E-state index contributed by atoms with van der Waals surface area (Å²) in [6, 6.07) is 1.80. The number of carbonyl (C=O) groups is 3. The Morgan fingerprint density at radius 2 is 1.96 bits per heavy atom. The molecule has 0 unspecified atom stereocenters. The van der Waals surface area contributed by atoms with Gasteiger partial charge in [-0.05, 0) is 49.4 Å². The number of aromatic hydroxyl groups is 1. The van der Waals surface area contributed by atoms with Gasteiger partial charge < -0.3 is 9.84 Å². The van der Waals surface area contributed by atoms with Crippen LogP contribution in [-0.4, -0.2) is 39.8 Å². The van der Waals surface area contributed by atoms with Gasteiger partial charge in [-0.3, -0.25) is 14.5 Å². The summed E-state index contributed by atoms with van der Waals surface area (Å²) >= 11 is 12.4. The third-order valence-corrected chi connectivity index (χ3v) is 4.64. The molecule has 0 bridgehead atoms. The molecule has 9 heteroatoms. The zero-order chi connectivity index (χ0) is 18.0. The number of amides is 2. The van der Waals surface area contributed by atoms with E-state index in [0.717, 1.165) is 4.90 Å². The number of hydrogen-bond acceptors (Lipinski definition) is 6. The summed E-state index contributed by atoms with van der Waals surface area (Å²) in [6.45, 7) is 3.21. The lowest BCUT2D eigenvalue weighted by Gasteiger charge is -2.19. The monoisotopic (exact) mass is 389 g/mol. The predicted octanol–water partition coefficient (Wildman–Crippen LogP) is 3.69. The predicted molar refractivity (Wildman–Crippen MR) is 92.0 cm³/mol. The Kier molecular flexibility index (Phi) is 5.79. The number of carbonyl (C=O) groups excluding carboxylic acids is 3. The number of hydrogen-bond donors (Lipinski definition) is 1. The summed E-state index contributed by atoms with van der Waals surface area (Å²) in [5, 5.41) is 9.02. The van der Waals surface area contributed by atoms with Crippen molar-refractivity contribution in [2.45, 2.75) is 19.9 Å². The summed E-state index contributed by atoms with van der Waals surface area (Å²) in [6.07, 6.45) is 1.42. The molecule has 2 amide bonds. The van der Waals surface area contributed by atoms with Crippen LogP contribution in [0.25, 0.3) is 6.08 Å². The van der Waals surface area contributed by atoms with Crippen LogP contribution in [0.1, 0.15) is 19.4 Å². The Labute approximate surface area is 152 Å². The Bertz CT molecular complexity index is 726. The van der Waals surface area contributed by atoms with Gasteiger partial charge in [-0.15, -0.1) is 0 Å². The molecule has 1 aromatic carbocycles. The molecule has 0 radical (unpaired) electrons. The molecule has 24 heavy (non-hydrogen) atoms. The Morgan fingerprint density at radius 1 is 1.38 bits per heavy atom. The van der Waals surface area contributed by atoms with Gasteiger partial charge in [0.2, 0.25) is 0 Å². The van der Waals surface area contributed by atoms with Gasteiger partial charge in [0.05, 0.1) is 21.6 Å². The lowest BCUT2D eigenvalue weighted by atomic mass is 10.2. The van der Waals surface area contributed by atoms with Gasteiger partial charge in [0.1, 0.15) is 6.04 Å². The molecule has 1 atom stereocenters. The lowest BCUT2D eigenvalue weighted by Crippen LogP contribution is -2.42. The van der Waals surface area contributed by atoms with E-state index in [1.165, 1.54) is 25.1 Å². The van der Waals surface area contributed by atoms with Crippen LogP contribution in [0.2, 0.25) is 10.0 Å². The minimum absolute atomic E-state index is 0.0212. The molecule has 1 heterocycles. The van der Waals surface area contributed by atoms with Gasteiger partial charge in [-0.25, -0.2) is 4.79 Å². The number of phenolic OH excluding ortho intramolecular Hbond substituents is 1. The van der Waals surface area contributed by atoms with Crippen molar-refractivity contribution < 1.29 is 24.2 Å². The van der Waals surface area contributed by atoms with Crippen LogP contribution in [0.4, 0.5) is 4.79 Å². The number of imide groups is 1. The van der Waals surface area contributed by atoms with E-state index in [-0.39, 0.29) is 27.3 Å². The molecule has 6 nitrogen and oxygen atoms in total. The summed E-state index contributed by atoms with van der Waals surface area (Å²) in [4.78, 5) is 37.2. The van der Waals surface area contributed by atoms with Crippen LogP contribution < -0.4 is 0 Å². The molecular formula is C15H13Cl2NO5S. The molecule has 1 aromatic rings. The molecule has 0 aromatic heterocycles. The number of benzene rings is 1. The Balaban J connectivity index is 2.30. The van der Waals surface area contributed by atoms with E-state index >= 15 is 0 Å². The molecule has 0 aliphatic carbocycles. The minimum atomic E-state index is -1.02. The van der Waals surface area contributed by atoms with Gasteiger partial charge in [0.25, 0.3) is 11.1 Å². The second-order valence-electron chi connectivity index (χ2n) is 4.81. The molecule has 0 spiro atoms. The van der Waals surface area contributed by atoms with Gasteiger partial charge in [0, 0.05) is 0 Å². The van der Waals surface area contributed by atoms with Crippen LogP contribution in [0.3, 0.4) is 0 Å². The molecular weight excluding hydrogens is 377 g/mol. The molecule has 0 saturated carbocycles. The van der Waals surface area contributed by atoms with Crippen molar-refractivity contribution in [2.24, 2.45) is 0 Å². The van der Waals surface area contributed by atoms with E-state index in [4.69, 9.17) is 27.9 Å². The zero-order valence-corrected chi connectivity index (χ0v) is 15.0. The minimum Gasteiger partial charge on any atom is -0.505 e. The molecule has 1 aliphatic heterocycles. The van der Waals surface area contributed by atoms with E-state index in [0.29, 0.717) is 17.3 Å². The first-order valence-corrected chi connectivity index (χ1v) is 8.45. The number of nitrogens with zero attached hydrogens (tertiary/aromatic N) is 1. The number of ether oxygens (including phenoxy) is 1. The maximum atomic E-state index is 12.4. The number of rotatable bonds is 4. The van der Waals surface area contributed by atoms with E-state index in [1.807, 2.05) is 0 Å². The Hall–Kier alpha value is -1.70. The number of esters is 1. The topological polar surface area (TPSA) is 83.9 Å². The van der Waals surface area contributed by atoms with E-state index < -0.39 is 23.2 Å². The van der Waals surface area contributed by atoms with E-state index in [1.54, 1.807) is 6.92 Å². The summed E-state index contributed by atoms with van der Waals surface area (Å²) in [5.74, 6) is -1.53.